The van der Waals surface area contributed by atoms with Crippen LogP contribution in [0.15, 0.2) is 40.9 Å². The number of aromatic nitrogens is 2. The van der Waals surface area contributed by atoms with Crippen LogP contribution in [0.25, 0.3) is 16.3 Å². The zero-order chi connectivity index (χ0) is 14.4. The SMILES string of the molecule is Clc1ccc(-c2nn(-c3ccccc3Br)c3c2CCN3)s1. The molecule has 106 valence electrons. The first kappa shape index (κ1) is 13.4. The van der Waals surface area contributed by atoms with E-state index in [4.69, 9.17) is 16.7 Å². The van der Waals surface area contributed by atoms with Crippen LogP contribution in [0, 0.1) is 0 Å². The second kappa shape index (κ2) is 5.16. The van der Waals surface area contributed by atoms with Crippen LogP contribution in [-0.4, -0.2) is 16.3 Å². The third-order valence-corrected chi connectivity index (χ3v) is 5.45. The van der Waals surface area contributed by atoms with Crippen molar-refractivity contribution in [2.75, 3.05) is 11.9 Å². The van der Waals surface area contributed by atoms with Crippen LogP contribution in [0.3, 0.4) is 0 Å². The van der Waals surface area contributed by atoms with Gasteiger partial charge in [-0.3, -0.25) is 0 Å². The van der Waals surface area contributed by atoms with Gasteiger partial charge >= 0.3 is 0 Å². The fourth-order valence-electron chi connectivity index (χ4n) is 2.61. The van der Waals surface area contributed by atoms with Crippen molar-refractivity contribution < 1.29 is 0 Å². The van der Waals surface area contributed by atoms with Crippen LogP contribution in [0.2, 0.25) is 4.34 Å². The zero-order valence-corrected chi connectivity index (χ0v) is 14.1. The fraction of sp³-hybridized carbons (Fsp3) is 0.133. The number of anilines is 1. The number of nitrogens with one attached hydrogen (secondary N) is 1. The van der Waals surface area contributed by atoms with Crippen molar-refractivity contribution in [2.24, 2.45) is 0 Å². The molecule has 0 saturated carbocycles. The third-order valence-electron chi connectivity index (χ3n) is 3.54. The Morgan fingerprint density at radius 3 is 2.86 bits per heavy atom. The molecule has 1 aliphatic rings. The normalized spacial score (nSPS) is 13.2. The number of para-hydroxylation sites is 1. The Morgan fingerprint density at radius 1 is 1.24 bits per heavy atom. The number of benzene rings is 1. The maximum absolute atomic E-state index is 6.07. The Kier molecular flexibility index (Phi) is 3.28. The van der Waals surface area contributed by atoms with Gasteiger partial charge in [0, 0.05) is 16.6 Å². The Hall–Kier alpha value is -1.30. The molecule has 3 nitrogen and oxygen atoms in total. The van der Waals surface area contributed by atoms with Gasteiger partial charge in [-0.05, 0) is 46.6 Å². The monoisotopic (exact) mass is 379 g/mol. The summed E-state index contributed by atoms with van der Waals surface area (Å²) in [5, 5.41) is 8.27. The molecule has 3 heterocycles. The van der Waals surface area contributed by atoms with Crippen molar-refractivity contribution >= 4 is 44.7 Å². The molecule has 3 aromatic rings. The first-order valence-electron chi connectivity index (χ1n) is 6.60. The minimum Gasteiger partial charge on any atom is -0.369 e. The lowest BCUT2D eigenvalue weighted by atomic mass is 10.2. The van der Waals surface area contributed by atoms with Crippen molar-refractivity contribution in [3.63, 3.8) is 0 Å². The van der Waals surface area contributed by atoms with E-state index in [1.54, 1.807) is 11.3 Å². The average Bonchev–Trinajstić information content (AvgIpc) is 3.15. The third kappa shape index (κ3) is 2.20. The van der Waals surface area contributed by atoms with Gasteiger partial charge in [0.15, 0.2) is 0 Å². The Balaban J connectivity index is 1.93. The molecule has 21 heavy (non-hydrogen) atoms. The van der Waals surface area contributed by atoms with Crippen molar-refractivity contribution in [2.45, 2.75) is 6.42 Å². The summed E-state index contributed by atoms with van der Waals surface area (Å²) < 4.78 is 3.80. The molecule has 0 saturated heterocycles. The van der Waals surface area contributed by atoms with Gasteiger partial charge in [0.05, 0.1) is 14.9 Å². The highest BCUT2D eigenvalue weighted by molar-refractivity contribution is 9.10. The summed E-state index contributed by atoms with van der Waals surface area (Å²) in [7, 11) is 0. The number of thiophene rings is 1. The molecule has 0 radical (unpaired) electrons. The molecule has 0 fully saturated rings. The summed E-state index contributed by atoms with van der Waals surface area (Å²) in [6.07, 6.45) is 0.991. The molecule has 6 heteroatoms. The van der Waals surface area contributed by atoms with E-state index in [0.29, 0.717) is 0 Å². The molecule has 4 rings (SSSR count). The number of fused-ring (bicyclic) bond motifs is 1. The maximum Gasteiger partial charge on any atom is 0.133 e. The summed E-state index contributed by atoms with van der Waals surface area (Å²) in [5.41, 5.74) is 3.34. The second-order valence-electron chi connectivity index (χ2n) is 4.82. The number of rotatable bonds is 2. The molecule has 0 unspecified atom stereocenters. The quantitative estimate of drug-likeness (QED) is 0.679. The Labute approximate surface area is 139 Å². The van der Waals surface area contributed by atoms with Crippen molar-refractivity contribution in [1.82, 2.24) is 9.78 Å². The van der Waals surface area contributed by atoms with E-state index < -0.39 is 0 Å². The standard InChI is InChI=1S/C15H11BrClN3S/c16-10-3-1-2-4-11(10)20-15-9(7-8-18-15)14(19-20)12-5-6-13(17)21-12/h1-6,18H,7-8H2. The molecular formula is C15H11BrClN3S. The average molecular weight is 381 g/mol. The van der Waals surface area contributed by atoms with Gasteiger partial charge in [0.25, 0.3) is 0 Å². The van der Waals surface area contributed by atoms with Crippen LogP contribution in [-0.2, 0) is 6.42 Å². The molecule has 1 aromatic carbocycles. The minimum atomic E-state index is 0.792. The van der Waals surface area contributed by atoms with Crippen molar-refractivity contribution in [3.8, 4) is 16.3 Å². The number of nitrogens with zero attached hydrogens (tertiary/aromatic N) is 2. The summed E-state index contributed by atoms with van der Waals surface area (Å²) >= 11 is 11.2. The molecule has 0 aliphatic carbocycles. The lowest BCUT2D eigenvalue weighted by Crippen LogP contribution is -2.04. The molecular weight excluding hydrogens is 370 g/mol. The topological polar surface area (TPSA) is 29.9 Å². The molecule has 1 aliphatic heterocycles. The van der Waals surface area contributed by atoms with E-state index in [1.165, 1.54) is 5.56 Å². The first-order valence-corrected chi connectivity index (χ1v) is 8.59. The Bertz CT molecular complexity index is 824. The van der Waals surface area contributed by atoms with Crippen LogP contribution < -0.4 is 5.32 Å². The minimum absolute atomic E-state index is 0.792. The lowest BCUT2D eigenvalue weighted by Gasteiger charge is -2.08. The predicted octanol–water partition coefficient (Wildman–Crippen LogP) is 4.98. The highest BCUT2D eigenvalue weighted by atomic mass is 79.9. The molecule has 0 bridgehead atoms. The highest BCUT2D eigenvalue weighted by Gasteiger charge is 2.25. The number of hydrogen-bond acceptors (Lipinski definition) is 3. The smallest absolute Gasteiger partial charge is 0.133 e. The summed E-state index contributed by atoms with van der Waals surface area (Å²) in [6, 6.07) is 12.1. The first-order chi connectivity index (χ1) is 10.2. The highest BCUT2D eigenvalue weighted by Crippen LogP contribution is 2.39. The number of halogens is 2. The van der Waals surface area contributed by atoms with Gasteiger partial charge in [-0.25, -0.2) is 4.68 Å². The predicted molar refractivity (Wildman–Crippen MR) is 91.8 cm³/mol. The van der Waals surface area contributed by atoms with E-state index in [1.807, 2.05) is 35.0 Å². The van der Waals surface area contributed by atoms with Crippen LogP contribution in [0.4, 0.5) is 5.82 Å². The van der Waals surface area contributed by atoms with E-state index in [-0.39, 0.29) is 0 Å². The maximum atomic E-state index is 6.07. The zero-order valence-electron chi connectivity index (χ0n) is 10.9. The van der Waals surface area contributed by atoms with Gasteiger partial charge in [0.1, 0.15) is 11.5 Å². The summed E-state index contributed by atoms with van der Waals surface area (Å²) in [6.45, 7) is 0.948. The van der Waals surface area contributed by atoms with Crippen LogP contribution in [0.5, 0.6) is 0 Å². The van der Waals surface area contributed by atoms with Gasteiger partial charge in [-0.15, -0.1) is 11.3 Å². The van der Waals surface area contributed by atoms with Gasteiger partial charge in [-0.1, -0.05) is 23.7 Å². The van der Waals surface area contributed by atoms with E-state index in [9.17, 15) is 0 Å². The molecule has 2 aromatic heterocycles. The fourth-order valence-corrected chi connectivity index (χ4v) is 4.12. The molecule has 1 N–H and O–H groups in total. The Morgan fingerprint density at radius 2 is 2.10 bits per heavy atom. The van der Waals surface area contributed by atoms with E-state index in [2.05, 4.69) is 27.3 Å². The number of hydrogen-bond donors (Lipinski definition) is 1. The van der Waals surface area contributed by atoms with Gasteiger partial charge in [-0.2, -0.15) is 5.10 Å². The molecule has 0 amide bonds. The van der Waals surface area contributed by atoms with Crippen LogP contribution >= 0.6 is 38.9 Å². The van der Waals surface area contributed by atoms with Gasteiger partial charge < -0.3 is 5.32 Å². The summed E-state index contributed by atoms with van der Waals surface area (Å²) in [5.74, 6) is 1.08. The second-order valence-corrected chi connectivity index (χ2v) is 7.39. The van der Waals surface area contributed by atoms with Gasteiger partial charge in [0.2, 0.25) is 0 Å². The van der Waals surface area contributed by atoms with E-state index in [0.717, 1.165) is 43.9 Å². The van der Waals surface area contributed by atoms with E-state index >= 15 is 0 Å². The molecule has 0 atom stereocenters. The van der Waals surface area contributed by atoms with Crippen molar-refractivity contribution in [1.29, 1.82) is 0 Å². The lowest BCUT2D eigenvalue weighted by molar-refractivity contribution is 0.879. The largest absolute Gasteiger partial charge is 0.369 e. The van der Waals surface area contributed by atoms with Crippen LogP contribution in [0.1, 0.15) is 5.56 Å². The summed E-state index contributed by atoms with van der Waals surface area (Å²) in [4.78, 5) is 1.12. The van der Waals surface area contributed by atoms with Crippen molar-refractivity contribution in [3.05, 3.63) is 50.8 Å². The molecule has 0 spiro atoms.